The summed E-state index contributed by atoms with van der Waals surface area (Å²) in [6.45, 7) is 1.82. The van der Waals surface area contributed by atoms with Gasteiger partial charge in [-0.3, -0.25) is 9.78 Å². The summed E-state index contributed by atoms with van der Waals surface area (Å²) in [6.07, 6.45) is 3.41. The SMILES string of the molecule is CNC(C(=O)O)c1sc(-c2cccnc2)nc1C. The maximum Gasteiger partial charge on any atom is 0.326 e. The Morgan fingerprint density at radius 1 is 1.56 bits per heavy atom. The Balaban J connectivity index is 2.41. The second-order valence-electron chi connectivity index (χ2n) is 3.77. The normalized spacial score (nSPS) is 12.3. The highest BCUT2D eigenvalue weighted by Crippen LogP contribution is 2.31. The largest absolute Gasteiger partial charge is 0.480 e. The minimum atomic E-state index is -0.901. The number of thiazole rings is 1. The third-order valence-electron chi connectivity index (χ3n) is 2.54. The lowest BCUT2D eigenvalue weighted by molar-refractivity contribution is -0.139. The van der Waals surface area contributed by atoms with E-state index in [9.17, 15) is 4.79 Å². The second kappa shape index (κ2) is 5.24. The minimum absolute atomic E-state index is 0.715. The molecule has 18 heavy (non-hydrogen) atoms. The quantitative estimate of drug-likeness (QED) is 0.880. The smallest absolute Gasteiger partial charge is 0.326 e. The van der Waals surface area contributed by atoms with Gasteiger partial charge in [0.2, 0.25) is 0 Å². The van der Waals surface area contributed by atoms with Gasteiger partial charge in [-0.05, 0) is 26.1 Å². The Hall–Kier alpha value is -1.79. The molecule has 1 atom stereocenters. The molecule has 2 N–H and O–H groups in total. The van der Waals surface area contributed by atoms with Gasteiger partial charge < -0.3 is 10.4 Å². The number of nitrogens with one attached hydrogen (secondary N) is 1. The van der Waals surface area contributed by atoms with Gasteiger partial charge in [-0.1, -0.05) is 0 Å². The summed E-state index contributed by atoms with van der Waals surface area (Å²) in [5.41, 5.74) is 1.64. The van der Waals surface area contributed by atoms with Gasteiger partial charge in [0.25, 0.3) is 0 Å². The van der Waals surface area contributed by atoms with Gasteiger partial charge in [0, 0.05) is 18.0 Å². The lowest BCUT2D eigenvalue weighted by atomic mass is 10.2. The summed E-state index contributed by atoms with van der Waals surface area (Å²) < 4.78 is 0. The maximum absolute atomic E-state index is 11.1. The van der Waals surface area contributed by atoms with E-state index < -0.39 is 12.0 Å². The molecule has 0 amide bonds. The van der Waals surface area contributed by atoms with Gasteiger partial charge >= 0.3 is 5.97 Å². The van der Waals surface area contributed by atoms with Crippen LogP contribution in [-0.2, 0) is 4.79 Å². The van der Waals surface area contributed by atoms with E-state index in [2.05, 4.69) is 15.3 Å². The molecule has 2 aromatic heterocycles. The van der Waals surface area contributed by atoms with Gasteiger partial charge in [-0.2, -0.15) is 0 Å². The van der Waals surface area contributed by atoms with E-state index in [1.807, 2.05) is 19.1 Å². The summed E-state index contributed by atoms with van der Waals surface area (Å²) in [5.74, 6) is -0.901. The highest BCUT2D eigenvalue weighted by molar-refractivity contribution is 7.15. The number of carboxylic acid groups (broad SMARTS) is 1. The molecule has 2 heterocycles. The van der Waals surface area contributed by atoms with Crippen LogP contribution in [0.2, 0.25) is 0 Å². The van der Waals surface area contributed by atoms with Crippen LogP contribution >= 0.6 is 11.3 Å². The first-order valence-corrected chi connectivity index (χ1v) is 6.23. The number of rotatable bonds is 4. The summed E-state index contributed by atoms with van der Waals surface area (Å²) in [6, 6.07) is 3.02. The molecule has 0 bridgehead atoms. The molecule has 0 spiro atoms. The molecule has 0 aliphatic heterocycles. The first-order chi connectivity index (χ1) is 8.63. The Kier molecular flexibility index (Phi) is 3.69. The Bertz CT molecular complexity index is 554. The lowest BCUT2D eigenvalue weighted by Gasteiger charge is -2.08. The molecule has 0 aliphatic carbocycles. The molecule has 1 unspecified atom stereocenters. The van der Waals surface area contributed by atoms with E-state index in [1.54, 1.807) is 19.4 Å². The molecule has 2 rings (SSSR count). The third kappa shape index (κ3) is 2.39. The molecule has 94 valence electrons. The molecule has 0 saturated carbocycles. The van der Waals surface area contributed by atoms with Crippen molar-refractivity contribution in [2.45, 2.75) is 13.0 Å². The number of nitrogens with zero attached hydrogens (tertiary/aromatic N) is 2. The number of hydrogen-bond acceptors (Lipinski definition) is 5. The molecule has 0 aromatic carbocycles. The van der Waals surface area contributed by atoms with Crippen LogP contribution in [0, 0.1) is 6.92 Å². The zero-order chi connectivity index (χ0) is 13.1. The van der Waals surface area contributed by atoms with Crippen molar-refractivity contribution >= 4 is 17.3 Å². The fourth-order valence-corrected chi connectivity index (χ4v) is 2.81. The molecule has 6 heteroatoms. The van der Waals surface area contributed by atoms with Crippen LogP contribution in [-0.4, -0.2) is 28.1 Å². The van der Waals surface area contributed by atoms with Crippen LogP contribution in [0.15, 0.2) is 24.5 Å². The van der Waals surface area contributed by atoms with Crippen LogP contribution in [0.5, 0.6) is 0 Å². The van der Waals surface area contributed by atoms with Crippen LogP contribution < -0.4 is 5.32 Å². The number of aromatic nitrogens is 2. The van der Waals surface area contributed by atoms with E-state index in [1.165, 1.54) is 11.3 Å². The molecular formula is C12H13N3O2S. The molecule has 0 aliphatic rings. The van der Waals surface area contributed by atoms with E-state index >= 15 is 0 Å². The van der Waals surface area contributed by atoms with Crippen molar-refractivity contribution < 1.29 is 9.90 Å². The van der Waals surface area contributed by atoms with E-state index in [0.717, 1.165) is 21.1 Å². The van der Waals surface area contributed by atoms with Crippen molar-refractivity contribution in [3.05, 3.63) is 35.1 Å². The molecule has 0 fully saturated rings. The van der Waals surface area contributed by atoms with Gasteiger partial charge in [0.05, 0.1) is 10.6 Å². The predicted molar refractivity (Wildman–Crippen MR) is 69.5 cm³/mol. The number of aryl methyl sites for hydroxylation is 1. The highest BCUT2D eigenvalue weighted by atomic mass is 32.1. The lowest BCUT2D eigenvalue weighted by Crippen LogP contribution is -2.24. The average molecular weight is 263 g/mol. The Morgan fingerprint density at radius 2 is 2.33 bits per heavy atom. The number of carbonyl (C=O) groups is 1. The monoisotopic (exact) mass is 263 g/mol. The number of carboxylic acids is 1. The van der Waals surface area contributed by atoms with Gasteiger partial charge in [-0.15, -0.1) is 11.3 Å². The summed E-state index contributed by atoms with van der Waals surface area (Å²) >= 11 is 1.38. The summed E-state index contributed by atoms with van der Waals surface area (Å²) in [4.78, 5) is 20.3. The molecule has 5 nitrogen and oxygen atoms in total. The highest BCUT2D eigenvalue weighted by Gasteiger charge is 2.23. The van der Waals surface area contributed by atoms with E-state index in [4.69, 9.17) is 5.11 Å². The standard InChI is InChI=1S/C12H13N3O2S/c1-7-10(9(13-2)12(16)17)18-11(15-7)8-4-3-5-14-6-8/h3-6,9,13H,1-2H3,(H,16,17). The number of hydrogen-bond donors (Lipinski definition) is 2. The van der Waals surface area contributed by atoms with Crippen molar-refractivity contribution in [3.63, 3.8) is 0 Å². The zero-order valence-corrected chi connectivity index (χ0v) is 10.9. The fourth-order valence-electron chi connectivity index (χ4n) is 1.66. The first kappa shape index (κ1) is 12.7. The van der Waals surface area contributed by atoms with Crippen molar-refractivity contribution in [3.8, 4) is 10.6 Å². The fraction of sp³-hybridized carbons (Fsp3) is 0.250. The Labute approximate surface area is 109 Å². The number of pyridine rings is 1. The van der Waals surface area contributed by atoms with Crippen molar-refractivity contribution in [2.75, 3.05) is 7.05 Å². The van der Waals surface area contributed by atoms with E-state index in [0.29, 0.717) is 0 Å². The number of aliphatic carboxylic acids is 1. The van der Waals surface area contributed by atoms with Crippen molar-refractivity contribution in [1.29, 1.82) is 0 Å². The van der Waals surface area contributed by atoms with Crippen molar-refractivity contribution in [2.24, 2.45) is 0 Å². The molecule has 0 radical (unpaired) electrons. The van der Waals surface area contributed by atoms with E-state index in [-0.39, 0.29) is 0 Å². The second-order valence-corrected chi connectivity index (χ2v) is 4.80. The van der Waals surface area contributed by atoms with Crippen molar-refractivity contribution in [1.82, 2.24) is 15.3 Å². The summed E-state index contributed by atoms with van der Waals surface area (Å²) in [7, 11) is 1.63. The number of likely N-dealkylation sites (N-methyl/N-ethyl adjacent to an activating group) is 1. The summed E-state index contributed by atoms with van der Waals surface area (Å²) in [5, 5.41) is 12.7. The van der Waals surface area contributed by atoms with Gasteiger partial charge in [-0.25, -0.2) is 4.98 Å². The van der Waals surface area contributed by atoms with Gasteiger partial charge in [0.15, 0.2) is 0 Å². The third-order valence-corrected chi connectivity index (χ3v) is 3.81. The first-order valence-electron chi connectivity index (χ1n) is 5.41. The maximum atomic E-state index is 11.1. The van der Waals surface area contributed by atoms with Crippen LogP contribution in [0.4, 0.5) is 0 Å². The van der Waals surface area contributed by atoms with Gasteiger partial charge in [0.1, 0.15) is 11.0 Å². The average Bonchev–Trinajstić information content (AvgIpc) is 2.73. The topological polar surface area (TPSA) is 75.1 Å². The minimum Gasteiger partial charge on any atom is -0.480 e. The van der Waals surface area contributed by atoms with Crippen LogP contribution in [0.1, 0.15) is 16.6 Å². The van der Waals surface area contributed by atoms with Crippen LogP contribution in [0.3, 0.4) is 0 Å². The van der Waals surface area contributed by atoms with Crippen LogP contribution in [0.25, 0.3) is 10.6 Å². The molecular weight excluding hydrogens is 250 g/mol. The predicted octanol–water partition coefficient (Wildman–Crippen LogP) is 1.86. The zero-order valence-electron chi connectivity index (χ0n) is 10.0. The molecule has 0 saturated heterocycles. The molecule has 2 aromatic rings. The Morgan fingerprint density at radius 3 is 2.89 bits per heavy atom.